The number of nitrogens with two attached hydrogens (primary N) is 1. The third-order valence-corrected chi connectivity index (χ3v) is 4.17. The van der Waals surface area contributed by atoms with Crippen molar-refractivity contribution in [3.05, 3.63) is 47.8 Å². The highest BCUT2D eigenvalue weighted by molar-refractivity contribution is 7.89. The van der Waals surface area contributed by atoms with Crippen molar-refractivity contribution in [3.8, 4) is 0 Å². The van der Waals surface area contributed by atoms with E-state index in [1.54, 1.807) is 13.1 Å². The Morgan fingerprint density at radius 2 is 2.00 bits per heavy atom. The van der Waals surface area contributed by atoms with Crippen LogP contribution in [0.15, 0.2) is 35.6 Å². The molecular formula is C12H13N5O2S2. The number of thiocarbonyl (C=S) groups is 1. The fourth-order valence-electron chi connectivity index (χ4n) is 1.45. The lowest BCUT2D eigenvalue weighted by atomic mass is 10.3. The van der Waals surface area contributed by atoms with Gasteiger partial charge in [0.1, 0.15) is 9.88 Å². The molecule has 0 aromatic carbocycles. The van der Waals surface area contributed by atoms with Crippen molar-refractivity contribution in [2.75, 3.05) is 0 Å². The van der Waals surface area contributed by atoms with Crippen LogP contribution < -0.4 is 10.5 Å². The molecule has 0 amide bonds. The van der Waals surface area contributed by atoms with Gasteiger partial charge in [0.2, 0.25) is 10.0 Å². The zero-order valence-electron chi connectivity index (χ0n) is 11.1. The van der Waals surface area contributed by atoms with Crippen molar-refractivity contribution in [2.45, 2.75) is 18.4 Å². The second-order valence-corrected chi connectivity index (χ2v) is 6.42. The summed E-state index contributed by atoms with van der Waals surface area (Å²) in [5.74, 6) is 0. The van der Waals surface area contributed by atoms with Gasteiger partial charge in [-0.3, -0.25) is 15.0 Å². The normalized spacial score (nSPS) is 11.3. The quantitative estimate of drug-likeness (QED) is 0.761. The number of aryl methyl sites for hydroxylation is 1. The van der Waals surface area contributed by atoms with E-state index >= 15 is 0 Å². The molecule has 0 aliphatic rings. The molecule has 2 aromatic heterocycles. The first-order valence-electron chi connectivity index (χ1n) is 5.91. The molecule has 0 radical (unpaired) electrons. The van der Waals surface area contributed by atoms with Gasteiger partial charge in [-0.05, 0) is 19.1 Å². The molecule has 2 heterocycles. The van der Waals surface area contributed by atoms with E-state index < -0.39 is 10.0 Å². The van der Waals surface area contributed by atoms with E-state index in [1.165, 1.54) is 24.5 Å². The van der Waals surface area contributed by atoms with Crippen molar-refractivity contribution in [3.63, 3.8) is 0 Å². The summed E-state index contributed by atoms with van der Waals surface area (Å²) in [5, 5.41) is 0. The summed E-state index contributed by atoms with van der Waals surface area (Å²) in [6.45, 7) is 1.85. The van der Waals surface area contributed by atoms with E-state index in [4.69, 9.17) is 18.0 Å². The third-order valence-electron chi connectivity index (χ3n) is 2.58. The monoisotopic (exact) mass is 323 g/mol. The van der Waals surface area contributed by atoms with Crippen molar-refractivity contribution in [2.24, 2.45) is 5.73 Å². The largest absolute Gasteiger partial charge is 0.388 e. The Balaban J connectivity index is 2.11. The summed E-state index contributed by atoms with van der Waals surface area (Å²) in [6.07, 6.45) is 4.30. The summed E-state index contributed by atoms with van der Waals surface area (Å²) in [5.41, 5.74) is 7.07. The maximum absolute atomic E-state index is 12.1. The van der Waals surface area contributed by atoms with Crippen LogP contribution in [0.2, 0.25) is 0 Å². The molecule has 110 valence electrons. The van der Waals surface area contributed by atoms with E-state index in [2.05, 4.69) is 19.7 Å². The molecule has 0 atom stereocenters. The fourth-order valence-corrected chi connectivity index (χ4v) is 2.51. The molecule has 21 heavy (non-hydrogen) atoms. The number of nitrogens with zero attached hydrogens (tertiary/aromatic N) is 3. The Bertz CT molecular complexity index is 742. The number of hydrogen-bond acceptors (Lipinski definition) is 6. The Kier molecular flexibility index (Phi) is 4.56. The third kappa shape index (κ3) is 4.00. The van der Waals surface area contributed by atoms with E-state index in [1.807, 2.05) is 0 Å². The van der Waals surface area contributed by atoms with E-state index in [9.17, 15) is 8.42 Å². The van der Waals surface area contributed by atoms with Crippen LogP contribution in [0.1, 0.15) is 17.1 Å². The Labute approximate surface area is 127 Å². The van der Waals surface area contributed by atoms with Gasteiger partial charge in [0.15, 0.2) is 0 Å². The summed E-state index contributed by atoms with van der Waals surface area (Å²) in [7, 11) is -3.68. The molecule has 0 fully saturated rings. The molecular weight excluding hydrogens is 310 g/mol. The fraction of sp³-hybridized carbons (Fsp3) is 0.167. The maximum atomic E-state index is 12.1. The lowest BCUT2D eigenvalue weighted by Crippen LogP contribution is -2.24. The highest BCUT2D eigenvalue weighted by Crippen LogP contribution is 2.08. The standard InChI is InChI=1S/C12H13N5O2S2/c1-8-4-15-9(5-14-8)6-17-21(18,19)10-2-3-11(12(13)20)16-7-10/h2-5,7,17H,6H2,1H3,(H2,13,20). The van der Waals surface area contributed by atoms with Gasteiger partial charge < -0.3 is 5.73 Å². The van der Waals surface area contributed by atoms with Gasteiger partial charge >= 0.3 is 0 Å². The van der Waals surface area contributed by atoms with Crippen LogP contribution in [0.25, 0.3) is 0 Å². The van der Waals surface area contributed by atoms with Crippen molar-refractivity contribution < 1.29 is 8.42 Å². The molecule has 7 nitrogen and oxygen atoms in total. The highest BCUT2D eigenvalue weighted by atomic mass is 32.2. The predicted octanol–water partition coefficient (Wildman–Crippen LogP) is 0.293. The first-order chi connectivity index (χ1) is 9.88. The highest BCUT2D eigenvalue weighted by Gasteiger charge is 2.15. The van der Waals surface area contributed by atoms with Gasteiger partial charge in [0.05, 0.1) is 29.8 Å². The number of rotatable bonds is 5. The average molecular weight is 323 g/mol. The molecule has 0 saturated carbocycles. The molecule has 2 rings (SSSR count). The van der Waals surface area contributed by atoms with E-state index in [-0.39, 0.29) is 16.4 Å². The van der Waals surface area contributed by atoms with E-state index in [0.717, 1.165) is 5.69 Å². The molecule has 0 bridgehead atoms. The molecule has 0 spiro atoms. The Morgan fingerprint density at radius 3 is 2.52 bits per heavy atom. The maximum Gasteiger partial charge on any atom is 0.242 e. The van der Waals surface area contributed by atoms with Gasteiger partial charge in [-0.2, -0.15) is 0 Å². The zero-order chi connectivity index (χ0) is 15.5. The minimum atomic E-state index is -3.68. The number of aromatic nitrogens is 3. The van der Waals surface area contributed by atoms with Gasteiger partial charge in [-0.15, -0.1) is 0 Å². The van der Waals surface area contributed by atoms with Gasteiger partial charge in [0.25, 0.3) is 0 Å². The number of nitrogens with one attached hydrogen (secondary N) is 1. The van der Waals surface area contributed by atoms with Gasteiger partial charge in [0, 0.05) is 12.4 Å². The molecule has 0 aliphatic carbocycles. The molecule has 0 saturated heterocycles. The predicted molar refractivity (Wildman–Crippen MR) is 80.9 cm³/mol. The number of hydrogen-bond donors (Lipinski definition) is 2. The first kappa shape index (κ1) is 15.4. The topological polar surface area (TPSA) is 111 Å². The second-order valence-electron chi connectivity index (χ2n) is 4.22. The van der Waals surface area contributed by atoms with Crippen molar-refractivity contribution in [1.29, 1.82) is 0 Å². The molecule has 2 aromatic rings. The number of pyridine rings is 1. The minimum Gasteiger partial charge on any atom is -0.388 e. The van der Waals surface area contributed by atoms with Crippen LogP contribution >= 0.6 is 12.2 Å². The molecule has 0 unspecified atom stereocenters. The van der Waals surface area contributed by atoms with Crippen LogP contribution in [-0.4, -0.2) is 28.4 Å². The molecule has 9 heteroatoms. The summed E-state index contributed by atoms with van der Waals surface area (Å²) < 4.78 is 26.6. The lowest BCUT2D eigenvalue weighted by Gasteiger charge is -2.06. The summed E-state index contributed by atoms with van der Waals surface area (Å²) in [4.78, 5) is 12.2. The Morgan fingerprint density at radius 1 is 1.24 bits per heavy atom. The Hall–Kier alpha value is -1.97. The lowest BCUT2D eigenvalue weighted by molar-refractivity contribution is 0.580. The first-order valence-corrected chi connectivity index (χ1v) is 7.81. The van der Waals surface area contributed by atoms with Gasteiger partial charge in [-0.1, -0.05) is 12.2 Å². The van der Waals surface area contributed by atoms with Crippen LogP contribution in [0.3, 0.4) is 0 Å². The van der Waals surface area contributed by atoms with Crippen LogP contribution in [0.5, 0.6) is 0 Å². The summed E-state index contributed by atoms with van der Waals surface area (Å²) >= 11 is 4.76. The van der Waals surface area contributed by atoms with Crippen LogP contribution in [-0.2, 0) is 16.6 Å². The van der Waals surface area contributed by atoms with Crippen LogP contribution in [0.4, 0.5) is 0 Å². The molecule has 0 aliphatic heterocycles. The zero-order valence-corrected chi connectivity index (χ0v) is 12.8. The minimum absolute atomic E-state index is 0.0302. The smallest absolute Gasteiger partial charge is 0.242 e. The van der Waals surface area contributed by atoms with Crippen molar-refractivity contribution >= 4 is 27.2 Å². The van der Waals surface area contributed by atoms with Crippen molar-refractivity contribution in [1.82, 2.24) is 19.7 Å². The average Bonchev–Trinajstić information content (AvgIpc) is 2.47. The van der Waals surface area contributed by atoms with E-state index in [0.29, 0.717) is 11.4 Å². The van der Waals surface area contributed by atoms with Gasteiger partial charge in [-0.25, -0.2) is 13.1 Å². The van der Waals surface area contributed by atoms with Crippen LogP contribution in [0, 0.1) is 6.92 Å². The summed E-state index contributed by atoms with van der Waals surface area (Å²) in [6, 6.07) is 2.85. The number of sulfonamides is 1. The second kappa shape index (κ2) is 6.20. The molecule has 3 N–H and O–H groups in total. The SMILES string of the molecule is Cc1cnc(CNS(=O)(=O)c2ccc(C(N)=S)nc2)cn1.